The van der Waals surface area contributed by atoms with Gasteiger partial charge in [-0.25, -0.2) is 0 Å². The van der Waals surface area contributed by atoms with Crippen molar-refractivity contribution in [2.24, 2.45) is 5.73 Å². The van der Waals surface area contributed by atoms with Crippen molar-refractivity contribution in [1.82, 2.24) is 0 Å². The summed E-state index contributed by atoms with van der Waals surface area (Å²) in [7, 11) is 0. The minimum Gasteiger partial charge on any atom is -0.480 e. The van der Waals surface area contributed by atoms with E-state index in [1.165, 1.54) is 0 Å². The zero-order valence-electron chi connectivity index (χ0n) is 9.84. The van der Waals surface area contributed by atoms with Crippen LogP contribution in [0, 0.1) is 0 Å². The van der Waals surface area contributed by atoms with E-state index in [4.69, 9.17) is 15.6 Å². The maximum absolute atomic E-state index is 11.4. The van der Waals surface area contributed by atoms with E-state index in [2.05, 4.69) is 5.32 Å². The highest BCUT2D eigenvalue weighted by Crippen LogP contribution is 2.30. The molecule has 0 bridgehead atoms. The second kappa shape index (κ2) is 4.66. The Morgan fingerprint density at radius 1 is 1.61 bits per heavy atom. The van der Waals surface area contributed by atoms with Crippen LogP contribution >= 0.6 is 0 Å². The van der Waals surface area contributed by atoms with Crippen molar-refractivity contribution in [3.05, 3.63) is 23.8 Å². The lowest BCUT2D eigenvalue weighted by atomic mass is 10.0. The van der Waals surface area contributed by atoms with Crippen LogP contribution in [-0.2, 0) is 16.0 Å². The minimum atomic E-state index is -1.05. The van der Waals surface area contributed by atoms with E-state index in [1.54, 1.807) is 25.1 Å². The van der Waals surface area contributed by atoms with Crippen molar-refractivity contribution in [2.45, 2.75) is 25.5 Å². The number of nitrogens with two attached hydrogens (primary N) is 1. The standard InChI is InChI=1S/C12H14N2O4/c1-6-11(15)14-9-3-2-7(5-10(9)18-6)4-8(13)12(16)17/h2-3,5-6,8H,4,13H2,1H3,(H,14,15)(H,16,17). The van der Waals surface area contributed by atoms with Crippen LogP contribution in [0.25, 0.3) is 0 Å². The molecule has 1 aromatic carbocycles. The Bertz CT molecular complexity index is 501. The van der Waals surface area contributed by atoms with Crippen LogP contribution in [0.15, 0.2) is 18.2 Å². The first-order valence-corrected chi connectivity index (χ1v) is 5.56. The fourth-order valence-corrected chi connectivity index (χ4v) is 1.71. The number of rotatable bonds is 3. The average Bonchev–Trinajstić information content (AvgIpc) is 2.31. The third kappa shape index (κ3) is 2.43. The molecule has 1 heterocycles. The topological polar surface area (TPSA) is 102 Å². The minimum absolute atomic E-state index is 0.197. The number of carbonyl (C=O) groups excluding carboxylic acids is 1. The van der Waals surface area contributed by atoms with E-state index in [1.807, 2.05) is 0 Å². The summed E-state index contributed by atoms with van der Waals surface area (Å²) in [6, 6.07) is 4.16. The molecule has 96 valence electrons. The molecule has 1 aliphatic heterocycles. The normalized spacial score (nSPS) is 19.4. The van der Waals surface area contributed by atoms with Gasteiger partial charge in [0.2, 0.25) is 0 Å². The number of carbonyl (C=O) groups is 2. The molecule has 0 aliphatic carbocycles. The lowest BCUT2D eigenvalue weighted by Crippen LogP contribution is -2.35. The van der Waals surface area contributed by atoms with Crippen LogP contribution in [0.4, 0.5) is 5.69 Å². The molecule has 0 fully saturated rings. The van der Waals surface area contributed by atoms with E-state index in [0.29, 0.717) is 11.4 Å². The van der Waals surface area contributed by atoms with Crippen molar-refractivity contribution in [3.8, 4) is 5.75 Å². The average molecular weight is 250 g/mol. The maximum atomic E-state index is 11.4. The van der Waals surface area contributed by atoms with E-state index >= 15 is 0 Å². The summed E-state index contributed by atoms with van der Waals surface area (Å²) < 4.78 is 5.43. The molecule has 6 heteroatoms. The number of aliphatic carboxylic acids is 1. The van der Waals surface area contributed by atoms with E-state index in [0.717, 1.165) is 5.56 Å². The van der Waals surface area contributed by atoms with E-state index in [9.17, 15) is 9.59 Å². The molecular weight excluding hydrogens is 236 g/mol. The molecule has 6 nitrogen and oxygen atoms in total. The number of carboxylic acid groups (broad SMARTS) is 1. The van der Waals surface area contributed by atoms with Crippen LogP contribution in [0.2, 0.25) is 0 Å². The quantitative estimate of drug-likeness (QED) is 0.719. The third-order valence-electron chi connectivity index (χ3n) is 2.75. The lowest BCUT2D eigenvalue weighted by molar-refractivity contribution is -0.138. The number of amides is 1. The summed E-state index contributed by atoms with van der Waals surface area (Å²) in [5.41, 5.74) is 6.81. The molecule has 2 atom stereocenters. The molecule has 0 aromatic heterocycles. The van der Waals surface area contributed by atoms with Crippen molar-refractivity contribution in [1.29, 1.82) is 0 Å². The van der Waals surface area contributed by atoms with Gasteiger partial charge in [-0.05, 0) is 31.0 Å². The van der Waals surface area contributed by atoms with Gasteiger partial charge in [0, 0.05) is 0 Å². The second-order valence-corrected chi connectivity index (χ2v) is 4.23. The smallest absolute Gasteiger partial charge is 0.320 e. The number of nitrogens with one attached hydrogen (secondary N) is 1. The van der Waals surface area contributed by atoms with Gasteiger partial charge in [-0.15, -0.1) is 0 Å². The molecular formula is C12H14N2O4. The van der Waals surface area contributed by atoms with Gasteiger partial charge >= 0.3 is 5.97 Å². The largest absolute Gasteiger partial charge is 0.480 e. The molecule has 0 saturated carbocycles. The predicted octanol–water partition coefficient (Wildman–Crippen LogP) is 0.360. The number of hydrogen-bond donors (Lipinski definition) is 3. The summed E-state index contributed by atoms with van der Waals surface area (Å²) in [5, 5.41) is 11.4. The van der Waals surface area contributed by atoms with Crippen molar-refractivity contribution >= 4 is 17.6 Å². The van der Waals surface area contributed by atoms with Crippen LogP contribution in [-0.4, -0.2) is 29.1 Å². The molecule has 1 aromatic rings. The predicted molar refractivity (Wildman–Crippen MR) is 64.5 cm³/mol. The Hall–Kier alpha value is -2.08. The molecule has 2 unspecified atom stereocenters. The Morgan fingerprint density at radius 2 is 2.33 bits per heavy atom. The number of carboxylic acids is 1. The van der Waals surface area contributed by atoms with Gasteiger partial charge < -0.3 is 20.9 Å². The first-order chi connectivity index (χ1) is 8.47. The second-order valence-electron chi connectivity index (χ2n) is 4.23. The van der Waals surface area contributed by atoms with Crippen LogP contribution < -0.4 is 15.8 Å². The number of fused-ring (bicyclic) bond motifs is 1. The fourth-order valence-electron chi connectivity index (χ4n) is 1.71. The molecule has 2 rings (SSSR count). The molecule has 0 radical (unpaired) electrons. The Balaban J connectivity index is 2.20. The van der Waals surface area contributed by atoms with Gasteiger partial charge in [-0.2, -0.15) is 0 Å². The van der Waals surface area contributed by atoms with Gasteiger partial charge in [-0.1, -0.05) is 6.07 Å². The van der Waals surface area contributed by atoms with Crippen molar-refractivity contribution < 1.29 is 19.4 Å². The SMILES string of the molecule is CC1Oc2cc(CC(N)C(=O)O)ccc2NC1=O. The number of anilines is 1. The molecule has 0 spiro atoms. The highest BCUT2D eigenvalue weighted by atomic mass is 16.5. The zero-order chi connectivity index (χ0) is 13.3. The van der Waals surface area contributed by atoms with Gasteiger partial charge in [-0.3, -0.25) is 9.59 Å². The first kappa shape index (κ1) is 12.4. The Morgan fingerprint density at radius 3 is 3.00 bits per heavy atom. The highest BCUT2D eigenvalue weighted by Gasteiger charge is 2.24. The summed E-state index contributed by atoms with van der Waals surface area (Å²) in [4.78, 5) is 22.0. The van der Waals surface area contributed by atoms with Crippen LogP contribution in [0.5, 0.6) is 5.75 Å². The third-order valence-corrected chi connectivity index (χ3v) is 2.75. The van der Waals surface area contributed by atoms with Gasteiger partial charge in [0.25, 0.3) is 5.91 Å². The number of hydrogen-bond acceptors (Lipinski definition) is 4. The molecule has 1 aliphatic rings. The Kier molecular flexibility index (Phi) is 3.20. The molecule has 1 amide bonds. The number of benzene rings is 1. The Labute approximate surface area is 104 Å². The number of ether oxygens (including phenoxy) is 1. The van der Waals surface area contributed by atoms with Crippen LogP contribution in [0.1, 0.15) is 12.5 Å². The van der Waals surface area contributed by atoms with Crippen LogP contribution in [0.3, 0.4) is 0 Å². The van der Waals surface area contributed by atoms with Gasteiger partial charge in [0.15, 0.2) is 6.10 Å². The summed E-state index contributed by atoms with van der Waals surface area (Å²) >= 11 is 0. The van der Waals surface area contributed by atoms with Crippen molar-refractivity contribution in [2.75, 3.05) is 5.32 Å². The highest BCUT2D eigenvalue weighted by molar-refractivity contribution is 5.97. The van der Waals surface area contributed by atoms with Gasteiger partial charge in [0.05, 0.1) is 5.69 Å². The van der Waals surface area contributed by atoms with Crippen molar-refractivity contribution in [3.63, 3.8) is 0 Å². The fraction of sp³-hybridized carbons (Fsp3) is 0.333. The van der Waals surface area contributed by atoms with Gasteiger partial charge in [0.1, 0.15) is 11.8 Å². The maximum Gasteiger partial charge on any atom is 0.320 e. The lowest BCUT2D eigenvalue weighted by Gasteiger charge is -2.23. The summed E-state index contributed by atoms with van der Waals surface area (Å²) in [6.07, 6.45) is -0.338. The monoisotopic (exact) mass is 250 g/mol. The molecule has 4 N–H and O–H groups in total. The summed E-state index contributed by atoms with van der Waals surface area (Å²) in [5.74, 6) is -0.704. The van der Waals surface area contributed by atoms with E-state index < -0.39 is 18.1 Å². The van der Waals surface area contributed by atoms with E-state index in [-0.39, 0.29) is 12.3 Å². The summed E-state index contributed by atoms with van der Waals surface area (Å²) in [6.45, 7) is 1.65. The first-order valence-electron chi connectivity index (χ1n) is 5.56. The molecule has 0 saturated heterocycles. The zero-order valence-corrected chi connectivity index (χ0v) is 9.84. The molecule has 18 heavy (non-hydrogen) atoms.